The van der Waals surface area contributed by atoms with E-state index in [1.807, 2.05) is 24.0 Å². The highest BCUT2D eigenvalue weighted by molar-refractivity contribution is 5.69. The van der Waals surface area contributed by atoms with Gasteiger partial charge in [-0.15, -0.1) is 0 Å². The lowest BCUT2D eigenvalue weighted by atomic mass is 9.61. The van der Waals surface area contributed by atoms with Gasteiger partial charge in [-0.25, -0.2) is 14.8 Å². The third-order valence-corrected chi connectivity index (χ3v) is 7.20. The molecule has 2 aliphatic heterocycles. The van der Waals surface area contributed by atoms with Gasteiger partial charge in [0, 0.05) is 50.2 Å². The Morgan fingerprint density at radius 1 is 1.12 bits per heavy atom. The zero-order valence-electron chi connectivity index (χ0n) is 19.2. The lowest BCUT2D eigenvalue weighted by molar-refractivity contribution is -0.137. The molecule has 0 unspecified atom stereocenters. The third-order valence-electron chi connectivity index (χ3n) is 7.20. The van der Waals surface area contributed by atoms with E-state index in [2.05, 4.69) is 51.0 Å². The van der Waals surface area contributed by atoms with Gasteiger partial charge >= 0.3 is 6.09 Å². The van der Waals surface area contributed by atoms with E-state index >= 15 is 0 Å². The van der Waals surface area contributed by atoms with Crippen LogP contribution in [0.15, 0.2) is 42.7 Å². The topological polar surface area (TPSA) is 85.6 Å². The molecule has 5 rings (SSSR count). The minimum Gasteiger partial charge on any atom is -0.446 e. The SMILES string of the molecule is C[C@@H]1CN(c2ncc(C#N)cn2)[C@H](C)CN1C(=O)OC1CC2(C1)CN(Cc1ccccc1)C2. The number of benzene rings is 1. The summed E-state index contributed by atoms with van der Waals surface area (Å²) in [6, 6.07) is 12.7. The molecule has 3 aliphatic rings. The standard InChI is InChI=1S/C25H30N6O2/c1-18-14-31(19(2)13-30(18)23-27-11-21(10-26)12-28-23)24(32)33-22-8-25(9-22)16-29(17-25)15-20-6-4-3-5-7-20/h3-7,11-12,18-19,22H,8-9,13-17H2,1-2H3/t18-,19-/m1/s1. The number of nitrogens with zero attached hydrogens (tertiary/aromatic N) is 6. The van der Waals surface area contributed by atoms with Gasteiger partial charge in [0.2, 0.25) is 5.95 Å². The van der Waals surface area contributed by atoms with E-state index in [-0.39, 0.29) is 24.3 Å². The van der Waals surface area contributed by atoms with Crippen molar-refractivity contribution in [1.82, 2.24) is 19.8 Å². The van der Waals surface area contributed by atoms with Crippen LogP contribution in [0.5, 0.6) is 0 Å². The summed E-state index contributed by atoms with van der Waals surface area (Å²) in [5.41, 5.74) is 2.13. The molecule has 1 amide bonds. The van der Waals surface area contributed by atoms with Crippen molar-refractivity contribution in [2.75, 3.05) is 31.1 Å². The number of likely N-dealkylation sites (tertiary alicyclic amines) is 1. The molecule has 1 spiro atoms. The van der Waals surface area contributed by atoms with Crippen LogP contribution in [0.2, 0.25) is 0 Å². The van der Waals surface area contributed by atoms with Gasteiger partial charge in [0.15, 0.2) is 0 Å². The molecule has 8 heteroatoms. The molecule has 1 aliphatic carbocycles. The van der Waals surface area contributed by atoms with Crippen molar-refractivity contribution in [3.63, 3.8) is 0 Å². The first kappa shape index (κ1) is 21.7. The van der Waals surface area contributed by atoms with Crippen molar-refractivity contribution >= 4 is 12.0 Å². The highest BCUT2D eigenvalue weighted by atomic mass is 16.6. The van der Waals surface area contributed by atoms with E-state index in [9.17, 15) is 4.79 Å². The highest BCUT2D eigenvalue weighted by Gasteiger charge is 2.54. The monoisotopic (exact) mass is 446 g/mol. The Morgan fingerprint density at radius 3 is 2.48 bits per heavy atom. The molecule has 8 nitrogen and oxygen atoms in total. The lowest BCUT2D eigenvalue weighted by Gasteiger charge is -2.58. The van der Waals surface area contributed by atoms with Crippen molar-refractivity contribution in [1.29, 1.82) is 5.26 Å². The van der Waals surface area contributed by atoms with E-state index in [4.69, 9.17) is 10.00 Å². The first-order valence-electron chi connectivity index (χ1n) is 11.7. The average Bonchev–Trinajstić information content (AvgIpc) is 2.78. The highest BCUT2D eigenvalue weighted by Crippen LogP contribution is 2.50. The molecule has 1 aromatic heterocycles. The van der Waals surface area contributed by atoms with Crippen molar-refractivity contribution in [3.8, 4) is 6.07 Å². The normalized spacial score (nSPS) is 24.6. The fraction of sp³-hybridized carbons (Fsp3) is 0.520. The van der Waals surface area contributed by atoms with Gasteiger partial charge in [-0.1, -0.05) is 30.3 Å². The Labute approximate surface area is 194 Å². The molecule has 172 valence electrons. The second-order valence-electron chi connectivity index (χ2n) is 9.93. The molecule has 2 aromatic rings. The lowest BCUT2D eigenvalue weighted by Crippen LogP contribution is -2.64. The van der Waals surface area contributed by atoms with E-state index in [0.717, 1.165) is 32.5 Å². The number of anilines is 1. The predicted octanol–water partition coefficient (Wildman–Crippen LogP) is 3.05. The van der Waals surface area contributed by atoms with Gasteiger partial charge in [0.05, 0.1) is 18.0 Å². The Balaban J connectivity index is 1.09. The molecule has 2 atom stereocenters. The largest absolute Gasteiger partial charge is 0.446 e. The second kappa shape index (κ2) is 8.64. The number of carbonyl (C=O) groups excluding carboxylic acids is 1. The van der Waals surface area contributed by atoms with Crippen LogP contribution < -0.4 is 4.90 Å². The number of ether oxygens (including phenoxy) is 1. The zero-order chi connectivity index (χ0) is 23.0. The summed E-state index contributed by atoms with van der Waals surface area (Å²) >= 11 is 0. The summed E-state index contributed by atoms with van der Waals surface area (Å²) in [5.74, 6) is 0.590. The van der Waals surface area contributed by atoms with Crippen LogP contribution in [0, 0.1) is 16.7 Å². The summed E-state index contributed by atoms with van der Waals surface area (Å²) in [4.78, 5) is 27.9. The molecule has 0 bridgehead atoms. The van der Waals surface area contributed by atoms with Gasteiger partial charge in [0.25, 0.3) is 0 Å². The maximum atomic E-state index is 12.9. The maximum absolute atomic E-state index is 12.9. The van der Waals surface area contributed by atoms with Crippen LogP contribution in [-0.4, -0.2) is 70.2 Å². The summed E-state index contributed by atoms with van der Waals surface area (Å²) in [6.07, 6.45) is 4.82. The van der Waals surface area contributed by atoms with Crippen LogP contribution in [-0.2, 0) is 11.3 Å². The first-order valence-corrected chi connectivity index (χ1v) is 11.7. The maximum Gasteiger partial charge on any atom is 0.410 e. The molecule has 1 aromatic carbocycles. The summed E-state index contributed by atoms with van der Waals surface area (Å²) < 4.78 is 5.88. The van der Waals surface area contributed by atoms with Gasteiger partial charge < -0.3 is 14.5 Å². The Morgan fingerprint density at radius 2 is 1.82 bits per heavy atom. The molecule has 2 saturated heterocycles. The molecule has 1 saturated carbocycles. The van der Waals surface area contributed by atoms with Crippen LogP contribution in [0.25, 0.3) is 0 Å². The van der Waals surface area contributed by atoms with Crippen molar-refractivity contribution in [3.05, 3.63) is 53.9 Å². The van der Waals surface area contributed by atoms with E-state index < -0.39 is 0 Å². The van der Waals surface area contributed by atoms with Crippen LogP contribution in [0.1, 0.15) is 37.8 Å². The number of amides is 1. The summed E-state index contributed by atoms with van der Waals surface area (Å²) in [5, 5.41) is 8.95. The van der Waals surface area contributed by atoms with E-state index in [1.54, 1.807) is 0 Å². The van der Waals surface area contributed by atoms with Gasteiger partial charge in [-0.05, 0) is 32.3 Å². The van der Waals surface area contributed by atoms with Crippen molar-refractivity contribution in [2.45, 2.75) is 51.4 Å². The van der Waals surface area contributed by atoms with Gasteiger partial charge in [0.1, 0.15) is 12.2 Å². The Bertz CT molecular complexity index is 1020. The second-order valence-corrected chi connectivity index (χ2v) is 9.93. The van der Waals surface area contributed by atoms with Crippen LogP contribution >= 0.6 is 0 Å². The fourth-order valence-corrected chi connectivity index (χ4v) is 5.50. The number of nitriles is 1. The smallest absolute Gasteiger partial charge is 0.410 e. The molecule has 3 fully saturated rings. The number of piperazine rings is 1. The number of hydrogen-bond acceptors (Lipinski definition) is 7. The van der Waals surface area contributed by atoms with Crippen molar-refractivity contribution in [2.24, 2.45) is 5.41 Å². The molecule has 3 heterocycles. The molecule has 0 radical (unpaired) electrons. The molecular formula is C25H30N6O2. The number of aromatic nitrogens is 2. The van der Waals surface area contributed by atoms with E-state index in [1.165, 1.54) is 18.0 Å². The minimum absolute atomic E-state index is 0.00736. The van der Waals surface area contributed by atoms with Crippen LogP contribution in [0.4, 0.5) is 10.7 Å². The summed E-state index contributed by atoms with van der Waals surface area (Å²) in [6.45, 7) is 8.45. The average molecular weight is 447 g/mol. The van der Waals surface area contributed by atoms with Crippen molar-refractivity contribution < 1.29 is 9.53 Å². The number of hydrogen-bond donors (Lipinski definition) is 0. The number of rotatable bonds is 4. The molecular weight excluding hydrogens is 416 g/mol. The van der Waals surface area contributed by atoms with Crippen LogP contribution in [0.3, 0.4) is 0 Å². The molecule has 0 N–H and O–H groups in total. The number of carbonyl (C=O) groups is 1. The first-order chi connectivity index (χ1) is 15.9. The third kappa shape index (κ3) is 4.38. The quantitative estimate of drug-likeness (QED) is 0.713. The van der Waals surface area contributed by atoms with Gasteiger partial charge in [-0.3, -0.25) is 4.90 Å². The Hall–Kier alpha value is -3.18. The minimum atomic E-state index is -0.213. The fourth-order valence-electron chi connectivity index (χ4n) is 5.50. The van der Waals surface area contributed by atoms with E-state index in [0.29, 0.717) is 30.0 Å². The Kier molecular flexibility index (Phi) is 5.67. The predicted molar refractivity (Wildman–Crippen MR) is 123 cm³/mol. The van der Waals surface area contributed by atoms with Gasteiger partial charge in [-0.2, -0.15) is 5.26 Å². The zero-order valence-corrected chi connectivity index (χ0v) is 19.2. The summed E-state index contributed by atoms with van der Waals surface area (Å²) in [7, 11) is 0. The molecule has 33 heavy (non-hydrogen) atoms.